The van der Waals surface area contributed by atoms with Gasteiger partial charge in [0, 0.05) is 17.3 Å². The Hall–Kier alpha value is -1.84. The van der Waals surface area contributed by atoms with Crippen molar-refractivity contribution in [2.45, 2.75) is 32.7 Å². The molecule has 2 heterocycles. The van der Waals surface area contributed by atoms with E-state index in [1.54, 1.807) is 6.33 Å². The number of aromatic nitrogens is 2. The maximum Gasteiger partial charge on any atom is 0.270 e. The summed E-state index contributed by atoms with van der Waals surface area (Å²) in [6.45, 7) is 6.41. The maximum atomic E-state index is 12.2. The molecule has 18 heavy (non-hydrogen) atoms. The van der Waals surface area contributed by atoms with Crippen LogP contribution in [0, 0.1) is 5.41 Å². The van der Waals surface area contributed by atoms with Crippen molar-refractivity contribution in [3.63, 3.8) is 0 Å². The second kappa shape index (κ2) is 3.34. The van der Waals surface area contributed by atoms with Crippen molar-refractivity contribution in [2.75, 3.05) is 0 Å². The standard InChI is InChI=1S/C14H17N3O/c1-13(2)8-14(13,3)16-12(18)11-7-10-5-4-6-17(10)9-15-11/h4-7,9H,8H2,1-3H3,(H,16,18)/t14-/m0/s1. The summed E-state index contributed by atoms with van der Waals surface area (Å²) in [5.74, 6) is -0.0909. The molecule has 0 radical (unpaired) electrons. The number of hydrogen-bond acceptors (Lipinski definition) is 2. The van der Waals surface area contributed by atoms with Gasteiger partial charge in [-0.25, -0.2) is 4.98 Å². The average Bonchev–Trinajstić information content (AvgIpc) is 2.66. The third kappa shape index (κ3) is 1.60. The van der Waals surface area contributed by atoms with Gasteiger partial charge in [0.15, 0.2) is 0 Å². The number of nitrogens with one attached hydrogen (secondary N) is 1. The van der Waals surface area contributed by atoms with Gasteiger partial charge in [-0.05, 0) is 37.0 Å². The zero-order chi connectivity index (χ0) is 13.0. The monoisotopic (exact) mass is 243 g/mol. The lowest BCUT2D eigenvalue weighted by atomic mass is 10.1. The molecule has 1 fully saturated rings. The zero-order valence-corrected chi connectivity index (χ0v) is 10.9. The molecule has 1 N–H and O–H groups in total. The SMILES string of the molecule is CC1(C)C[C@]1(C)NC(=O)c1cc2cccn2cn1. The summed E-state index contributed by atoms with van der Waals surface area (Å²) in [4.78, 5) is 16.4. The van der Waals surface area contributed by atoms with Crippen LogP contribution in [0.5, 0.6) is 0 Å². The van der Waals surface area contributed by atoms with Gasteiger partial charge in [0.1, 0.15) is 5.69 Å². The zero-order valence-electron chi connectivity index (χ0n) is 10.9. The van der Waals surface area contributed by atoms with Gasteiger partial charge in [-0.2, -0.15) is 0 Å². The molecular weight excluding hydrogens is 226 g/mol. The van der Waals surface area contributed by atoms with Crippen LogP contribution in [0.25, 0.3) is 5.52 Å². The van der Waals surface area contributed by atoms with E-state index in [2.05, 4.69) is 31.1 Å². The largest absolute Gasteiger partial charge is 0.345 e. The van der Waals surface area contributed by atoms with Gasteiger partial charge in [-0.3, -0.25) is 4.79 Å². The number of hydrogen-bond donors (Lipinski definition) is 1. The number of carbonyl (C=O) groups is 1. The van der Waals surface area contributed by atoms with E-state index in [0.29, 0.717) is 5.69 Å². The Bertz CT molecular complexity index is 629. The summed E-state index contributed by atoms with van der Waals surface area (Å²) in [5, 5.41) is 3.08. The van der Waals surface area contributed by atoms with Crippen molar-refractivity contribution < 1.29 is 4.79 Å². The van der Waals surface area contributed by atoms with Crippen LogP contribution in [0.1, 0.15) is 37.7 Å². The Balaban J connectivity index is 1.84. The molecule has 1 aliphatic rings. The van der Waals surface area contributed by atoms with E-state index in [1.165, 1.54) is 0 Å². The molecule has 0 bridgehead atoms. The molecule has 1 aliphatic carbocycles. The van der Waals surface area contributed by atoms with Crippen LogP contribution < -0.4 is 5.32 Å². The quantitative estimate of drug-likeness (QED) is 0.879. The van der Waals surface area contributed by atoms with Crippen LogP contribution in [-0.4, -0.2) is 20.8 Å². The second-order valence-electron chi connectivity index (χ2n) is 5.96. The molecule has 0 unspecified atom stereocenters. The van der Waals surface area contributed by atoms with Crippen LogP contribution in [0.15, 0.2) is 30.7 Å². The summed E-state index contributed by atoms with van der Waals surface area (Å²) < 4.78 is 1.89. The molecule has 0 aromatic carbocycles. The van der Waals surface area contributed by atoms with Gasteiger partial charge >= 0.3 is 0 Å². The lowest BCUT2D eigenvalue weighted by Crippen LogP contribution is -2.38. The molecule has 2 aromatic rings. The molecule has 0 aliphatic heterocycles. The fourth-order valence-electron chi connectivity index (χ4n) is 2.43. The first kappa shape index (κ1) is 11.3. The number of carbonyl (C=O) groups excluding carboxylic acids is 1. The maximum absolute atomic E-state index is 12.2. The van der Waals surface area contributed by atoms with E-state index in [9.17, 15) is 4.79 Å². The molecule has 0 saturated heterocycles. The fourth-order valence-corrected chi connectivity index (χ4v) is 2.43. The molecular formula is C14H17N3O. The van der Waals surface area contributed by atoms with Gasteiger partial charge in [0.2, 0.25) is 0 Å². The van der Waals surface area contributed by atoms with Crippen LogP contribution >= 0.6 is 0 Å². The first-order chi connectivity index (χ1) is 8.41. The van der Waals surface area contributed by atoms with E-state index < -0.39 is 0 Å². The Morgan fingerprint density at radius 1 is 1.44 bits per heavy atom. The predicted octanol–water partition coefficient (Wildman–Crippen LogP) is 2.25. The Kier molecular flexibility index (Phi) is 2.09. The first-order valence-electron chi connectivity index (χ1n) is 6.17. The first-order valence-corrected chi connectivity index (χ1v) is 6.17. The summed E-state index contributed by atoms with van der Waals surface area (Å²) in [7, 11) is 0. The number of amides is 1. The van der Waals surface area contributed by atoms with Crippen molar-refractivity contribution in [3.05, 3.63) is 36.4 Å². The minimum absolute atomic E-state index is 0.0909. The van der Waals surface area contributed by atoms with Crippen LogP contribution in [-0.2, 0) is 0 Å². The molecule has 1 atom stereocenters. The molecule has 1 saturated carbocycles. The topological polar surface area (TPSA) is 46.4 Å². The van der Waals surface area contributed by atoms with Gasteiger partial charge in [-0.15, -0.1) is 0 Å². The minimum Gasteiger partial charge on any atom is -0.345 e. The fraction of sp³-hybridized carbons (Fsp3) is 0.429. The highest BCUT2D eigenvalue weighted by Crippen LogP contribution is 2.55. The summed E-state index contributed by atoms with van der Waals surface area (Å²) >= 11 is 0. The van der Waals surface area contributed by atoms with Crippen molar-refractivity contribution >= 4 is 11.4 Å². The van der Waals surface area contributed by atoms with Crippen LogP contribution in [0.3, 0.4) is 0 Å². The summed E-state index contributed by atoms with van der Waals surface area (Å²) in [6, 6.07) is 5.71. The van der Waals surface area contributed by atoms with Crippen molar-refractivity contribution in [1.29, 1.82) is 0 Å². The third-order valence-electron chi connectivity index (χ3n) is 4.20. The van der Waals surface area contributed by atoms with Crippen molar-refractivity contribution in [1.82, 2.24) is 14.7 Å². The molecule has 2 aromatic heterocycles. The van der Waals surface area contributed by atoms with E-state index in [4.69, 9.17) is 0 Å². The normalized spacial score (nSPS) is 25.1. The molecule has 0 spiro atoms. The number of fused-ring (bicyclic) bond motifs is 1. The number of rotatable bonds is 2. The minimum atomic E-state index is -0.0973. The Morgan fingerprint density at radius 2 is 2.17 bits per heavy atom. The molecule has 3 rings (SSSR count). The van der Waals surface area contributed by atoms with Crippen LogP contribution in [0.4, 0.5) is 0 Å². The Morgan fingerprint density at radius 3 is 2.83 bits per heavy atom. The molecule has 94 valence electrons. The summed E-state index contributed by atoms with van der Waals surface area (Å²) in [5.41, 5.74) is 1.54. The molecule has 4 heteroatoms. The van der Waals surface area contributed by atoms with E-state index >= 15 is 0 Å². The smallest absolute Gasteiger partial charge is 0.270 e. The van der Waals surface area contributed by atoms with Gasteiger partial charge in [0.25, 0.3) is 5.91 Å². The third-order valence-corrected chi connectivity index (χ3v) is 4.20. The Labute approximate surface area is 106 Å². The van der Waals surface area contributed by atoms with E-state index in [1.807, 2.05) is 28.8 Å². The second-order valence-corrected chi connectivity index (χ2v) is 5.96. The van der Waals surface area contributed by atoms with Gasteiger partial charge in [0.05, 0.1) is 6.33 Å². The number of nitrogens with zero attached hydrogens (tertiary/aromatic N) is 2. The van der Waals surface area contributed by atoms with Gasteiger partial charge in [-0.1, -0.05) is 13.8 Å². The average molecular weight is 243 g/mol. The highest BCUT2D eigenvalue weighted by Gasteiger charge is 2.58. The van der Waals surface area contributed by atoms with Crippen LogP contribution in [0.2, 0.25) is 0 Å². The summed E-state index contributed by atoms with van der Waals surface area (Å²) in [6.07, 6.45) is 4.60. The van der Waals surface area contributed by atoms with Crippen molar-refractivity contribution in [2.24, 2.45) is 5.41 Å². The predicted molar refractivity (Wildman–Crippen MR) is 69.5 cm³/mol. The van der Waals surface area contributed by atoms with Gasteiger partial charge < -0.3 is 9.72 Å². The molecule has 1 amide bonds. The lowest BCUT2D eigenvalue weighted by molar-refractivity contribution is 0.0921. The molecule has 4 nitrogen and oxygen atoms in total. The highest BCUT2D eigenvalue weighted by molar-refractivity contribution is 5.94. The lowest BCUT2D eigenvalue weighted by Gasteiger charge is -2.16. The van der Waals surface area contributed by atoms with E-state index in [0.717, 1.165) is 11.9 Å². The van der Waals surface area contributed by atoms with Crippen molar-refractivity contribution in [3.8, 4) is 0 Å². The highest BCUT2D eigenvalue weighted by atomic mass is 16.2. The van der Waals surface area contributed by atoms with E-state index in [-0.39, 0.29) is 16.9 Å².